The Hall–Kier alpha value is -4.16. The van der Waals surface area contributed by atoms with E-state index in [0.717, 1.165) is 10.8 Å². The number of benzene rings is 4. The summed E-state index contributed by atoms with van der Waals surface area (Å²) in [5.41, 5.74) is 3.34. The van der Waals surface area contributed by atoms with Gasteiger partial charge in [0, 0.05) is 10.6 Å². The van der Waals surface area contributed by atoms with E-state index < -0.39 is 11.9 Å². The minimum absolute atomic E-state index is 0.0944. The zero-order valence-electron chi connectivity index (χ0n) is 16.7. The Morgan fingerprint density at radius 1 is 0.906 bits per heavy atom. The summed E-state index contributed by atoms with van der Waals surface area (Å²) >= 11 is 5.88. The highest BCUT2D eigenvalue weighted by atomic mass is 35.5. The monoisotopic (exact) mass is 444 g/mol. The van der Waals surface area contributed by atoms with Crippen LogP contribution in [-0.4, -0.2) is 23.2 Å². The molecule has 0 spiro atoms. The molecule has 7 heteroatoms. The van der Waals surface area contributed by atoms with Crippen molar-refractivity contribution in [3.8, 4) is 11.5 Å². The summed E-state index contributed by atoms with van der Waals surface area (Å²) < 4.78 is 5.61. The van der Waals surface area contributed by atoms with Gasteiger partial charge in [-0.3, -0.25) is 4.79 Å². The third-order valence-corrected chi connectivity index (χ3v) is 4.97. The largest absolute Gasteiger partial charge is 0.507 e. The van der Waals surface area contributed by atoms with Crippen molar-refractivity contribution in [3.05, 3.63) is 107 Å². The molecule has 0 atom stereocenters. The lowest BCUT2D eigenvalue weighted by atomic mass is 10.0. The average molecular weight is 445 g/mol. The summed E-state index contributed by atoms with van der Waals surface area (Å²) in [5.74, 6) is -0.990. The van der Waals surface area contributed by atoms with E-state index in [9.17, 15) is 14.7 Å². The van der Waals surface area contributed by atoms with Crippen molar-refractivity contribution in [1.82, 2.24) is 5.43 Å². The summed E-state index contributed by atoms with van der Waals surface area (Å²) in [7, 11) is 0. The van der Waals surface area contributed by atoms with Crippen molar-refractivity contribution in [2.45, 2.75) is 0 Å². The van der Waals surface area contributed by atoms with Gasteiger partial charge in [-0.05, 0) is 53.2 Å². The summed E-state index contributed by atoms with van der Waals surface area (Å²) in [4.78, 5) is 24.9. The molecule has 0 heterocycles. The van der Waals surface area contributed by atoms with Gasteiger partial charge < -0.3 is 9.84 Å². The lowest BCUT2D eigenvalue weighted by Gasteiger charge is -2.11. The molecule has 0 aliphatic heterocycles. The second-order valence-electron chi connectivity index (χ2n) is 6.81. The van der Waals surface area contributed by atoms with E-state index >= 15 is 0 Å². The topological polar surface area (TPSA) is 88.0 Å². The Kier molecular flexibility index (Phi) is 6.14. The van der Waals surface area contributed by atoms with Crippen LogP contribution in [0, 0.1) is 0 Å². The first-order valence-electron chi connectivity index (χ1n) is 9.64. The number of hydrogen-bond donors (Lipinski definition) is 2. The highest BCUT2D eigenvalue weighted by Crippen LogP contribution is 2.27. The van der Waals surface area contributed by atoms with Crippen LogP contribution in [0.25, 0.3) is 10.8 Å². The molecule has 0 aliphatic rings. The molecule has 0 saturated heterocycles. The Bertz CT molecular complexity index is 1330. The Morgan fingerprint density at radius 3 is 2.41 bits per heavy atom. The molecule has 4 rings (SSSR count). The number of hydrogen-bond acceptors (Lipinski definition) is 5. The Labute approximate surface area is 188 Å². The number of para-hydroxylation sites is 1. The molecule has 0 radical (unpaired) electrons. The molecule has 0 saturated carbocycles. The van der Waals surface area contributed by atoms with E-state index in [4.69, 9.17) is 16.3 Å². The number of fused-ring (bicyclic) bond motifs is 1. The number of rotatable bonds is 5. The van der Waals surface area contributed by atoms with Crippen LogP contribution in [0.1, 0.15) is 26.3 Å². The maximum absolute atomic E-state index is 12.6. The standard InChI is InChI=1S/C25H17ClN2O4/c26-18-12-9-17(10-13-18)25(31)32-23-14-11-16-5-1-2-6-19(16)21(23)15-27-28-24(30)20-7-3-4-8-22(20)29/h1-15,29H,(H,28,30)/b27-15+. The fourth-order valence-corrected chi connectivity index (χ4v) is 3.25. The molecular weight excluding hydrogens is 428 g/mol. The fraction of sp³-hybridized carbons (Fsp3) is 0. The van der Waals surface area contributed by atoms with Crippen LogP contribution in [0.4, 0.5) is 0 Å². The van der Waals surface area contributed by atoms with Crippen molar-refractivity contribution < 1.29 is 19.4 Å². The number of aromatic hydroxyl groups is 1. The molecule has 0 aromatic heterocycles. The van der Waals surface area contributed by atoms with Crippen LogP contribution in [0.5, 0.6) is 11.5 Å². The number of carbonyl (C=O) groups excluding carboxylic acids is 2. The Balaban J connectivity index is 1.63. The second-order valence-corrected chi connectivity index (χ2v) is 7.25. The molecule has 4 aromatic carbocycles. The van der Waals surface area contributed by atoms with Gasteiger partial charge >= 0.3 is 5.97 Å². The number of carbonyl (C=O) groups is 2. The van der Waals surface area contributed by atoms with Crippen LogP contribution in [-0.2, 0) is 0 Å². The van der Waals surface area contributed by atoms with Gasteiger partial charge in [0.05, 0.1) is 17.3 Å². The number of ether oxygens (including phenoxy) is 1. The molecule has 0 fully saturated rings. The van der Waals surface area contributed by atoms with Gasteiger partial charge in [0.15, 0.2) is 0 Å². The smallest absolute Gasteiger partial charge is 0.343 e. The van der Waals surface area contributed by atoms with Crippen LogP contribution in [0.3, 0.4) is 0 Å². The number of phenolic OH excluding ortho intramolecular Hbond substituents is 1. The van der Waals surface area contributed by atoms with Crippen molar-refractivity contribution in [1.29, 1.82) is 0 Å². The second kappa shape index (κ2) is 9.32. The van der Waals surface area contributed by atoms with Gasteiger partial charge in [-0.2, -0.15) is 5.10 Å². The molecule has 0 aliphatic carbocycles. The van der Waals surface area contributed by atoms with E-state index in [2.05, 4.69) is 10.5 Å². The molecule has 0 bridgehead atoms. The zero-order valence-corrected chi connectivity index (χ0v) is 17.4. The van der Waals surface area contributed by atoms with E-state index in [1.165, 1.54) is 18.3 Å². The summed E-state index contributed by atoms with van der Waals surface area (Å²) in [6.07, 6.45) is 1.41. The predicted octanol–water partition coefficient (Wildman–Crippen LogP) is 5.18. The molecule has 6 nitrogen and oxygen atoms in total. The SMILES string of the molecule is O=C(Oc1ccc2ccccc2c1/C=N/NC(=O)c1ccccc1O)c1ccc(Cl)cc1. The van der Waals surface area contributed by atoms with Crippen molar-refractivity contribution in [2.24, 2.45) is 5.10 Å². The minimum atomic E-state index is -0.570. The average Bonchev–Trinajstić information content (AvgIpc) is 2.80. The van der Waals surface area contributed by atoms with Crippen LogP contribution in [0.15, 0.2) is 90.0 Å². The molecule has 4 aromatic rings. The molecule has 32 heavy (non-hydrogen) atoms. The first-order chi connectivity index (χ1) is 15.5. The van der Waals surface area contributed by atoms with Gasteiger partial charge in [-0.1, -0.05) is 54.1 Å². The number of nitrogens with one attached hydrogen (secondary N) is 1. The Morgan fingerprint density at radius 2 is 1.62 bits per heavy atom. The summed E-state index contributed by atoms with van der Waals surface area (Å²) in [6, 6.07) is 23.5. The number of phenols is 1. The minimum Gasteiger partial charge on any atom is -0.507 e. The maximum atomic E-state index is 12.6. The highest BCUT2D eigenvalue weighted by Gasteiger charge is 2.14. The molecule has 1 amide bonds. The van der Waals surface area contributed by atoms with Gasteiger partial charge in [0.2, 0.25) is 0 Å². The first-order valence-corrected chi connectivity index (χ1v) is 10.0. The summed E-state index contributed by atoms with van der Waals surface area (Å²) in [6.45, 7) is 0. The number of nitrogens with zero attached hydrogens (tertiary/aromatic N) is 1. The van der Waals surface area contributed by atoms with Crippen molar-refractivity contribution in [2.75, 3.05) is 0 Å². The van der Waals surface area contributed by atoms with Crippen molar-refractivity contribution >= 4 is 40.5 Å². The molecular formula is C25H17ClN2O4. The molecule has 0 unspecified atom stereocenters. The van der Waals surface area contributed by atoms with Crippen molar-refractivity contribution in [3.63, 3.8) is 0 Å². The van der Waals surface area contributed by atoms with E-state index in [-0.39, 0.29) is 17.1 Å². The number of esters is 1. The zero-order chi connectivity index (χ0) is 22.5. The van der Waals surface area contributed by atoms with E-state index in [1.54, 1.807) is 42.5 Å². The predicted molar refractivity (Wildman–Crippen MR) is 124 cm³/mol. The molecule has 158 valence electrons. The van der Waals surface area contributed by atoms with Gasteiger partial charge in [-0.15, -0.1) is 0 Å². The lowest BCUT2D eigenvalue weighted by Crippen LogP contribution is -2.18. The number of halogens is 1. The maximum Gasteiger partial charge on any atom is 0.343 e. The van der Waals surface area contributed by atoms with Gasteiger partial charge in [0.1, 0.15) is 11.5 Å². The fourth-order valence-electron chi connectivity index (χ4n) is 3.12. The van der Waals surface area contributed by atoms with E-state index in [0.29, 0.717) is 16.1 Å². The van der Waals surface area contributed by atoms with Crippen LogP contribution in [0.2, 0.25) is 5.02 Å². The quantitative estimate of drug-likeness (QED) is 0.192. The van der Waals surface area contributed by atoms with Gasteiger partial charge in [-0.25, -0.2) is 10.2 Å². The number of amides is 1. The first kappa shape index (κ1) is 21.1. The van der Waals surface area contributed by atoms with E-state index in [1.807, 2.05) is 30.3 Å². The van der Waals surface area contributed by atoms with Crippen LogP contribution >= 0.6 is 11.6 Å². The third-order valence-electron chi connectivity index (χ3n) is 4.72. The molecule has 2 N–H and O–H groups in total. The lowest BCUT2D eigenvalue weighted by molar-refractivity contribution is 0.0734. The van der Waals surface area contributed by atoms with Gasteiger partial charge in [0.25, 0.3) is 5.91 Å². The number of hydrazone groups is 1. The third kappa shape index (κ3) is 4.61. The normalized spacial score (nSPS) is 10.9. The highest BCUT2D eigenvalue weighted by molar-refractivity contribution is 6.30. The van der Waals surface area contributed by atoms with Crippen LogP contribution < -0.4 is 10.2 Å². The summed E-state index contributed by atoms with van der Waals surface area (Å²) in [5, 5.41) is 16.1.